The number of rotatable bonds is 2. The van der Waals surface area contributed by atoms with E-state index in [-0.39, 0.29) is 16.8 Å². The predicted octanol–water partition coefficient (Wildman–Crippen LogP) is 2.51. The molecular weight excluding hydrogens is 231 g/mol. The molecule has 0 unspecified atom stereocenters. The van der Waals surface area contributed by atoms with Crippen LogP contribution in [0, 0.1) is 17.1 Å². The summed E-state index contributed by atoms with van der Waals surface area (Å²) in [4.78, 5) is 12.1. The number of nitrogens with zero attached hydrogens (tertiary/aromatic N) is 1. The second-order valence-electron chi connectivity index (χ2n) is 3.72. The van der Waals surface area contributed by atoms with Crippen molar-refractivity contribution >= 4 is 11.5 Å². The molecule has 0 aliphatic heterocycles. The summed E-state index contributed by atoms with van der Waals surface area (Å²) in [5.41, 5.74) is 6.30. The van der Waals surface area contributed by atoms with Crippen LogP contribution in [0.4, 0.5) is 10.1 Å². The zero-order valence-electron chi connectivity index (χ0n) is 9.35. The van der Waals surface area contributed by atoms with Gasteiger partial charge in [0.1, 0.15) is 5.82 Å². The van der Waals surface area contributed by atoms with Crippen LogP contribution in [0.5, 0.6) is 0 Å². The highest BCUT2D eigenvalue weighted by molar-refractivity contribution is 6.12. The van der Waals surface area contributed by atoms with E-state index in [2.05, 4.69) is 0 Å². The number of hydrogen-bond donors (Lipinski definition) is 1. The second kappa shape index (κ2) is 4.68. The fraction of sp³-hybridized carbons (Fsp3) is 0. The Kier molecular flexibility index (Phi) is 3.07. The average molecular weight is 240 g/mol. The number of hydrogen-bond acceptors (Lipinski definition) is 3. The number of nitrogen functional groups attached to an aromatic ring is 1. The topological polar surface area (TPSA) is 66.9 Å². The van der Waals surface area contributed by atoms with Gasteiger partial charge in [0, 0.05) is 11.3 Å². The second-order valence-corrected chi connectivity index (χ2v) is 3.72. The summed E-state index contributed by atoms with van der Waals surface area (Å²) in [6.07, 6.45) is 0. The van der Waals surface area contributed by atoms with Gasteiger partial charge in [-0.15, -0.1) is 0 Å². The van der Waals surface area contributed by atoms with Crippen molar-refractivity contribution in [2.75, 3.05) is 5.73 Å². The quantitative estimate of drug-likeness (QED) is 0.647. The van der Waals surface area contributed by atoms with Crippen molar-refractivity contribution in [1.29, 1.82) is 5.26 Å². The number of carbonyl (C=O) groups is 1. The third-order valence-electron chi connectivity index (χ3n) is 2.55. The number of halogens is 1. The molecule has 4 heteroatoms. The molecule has 2 aromatic carbocycles. The first-order valence-electron chi connectivity index (χ1n) is 5.22. The van der Waals surface area contributed by atoms with Crippen molar-refractivity contribution in [3.8, 4) is 6.07 Å². The summed E-state index contributed by atoms with van der Waals surface area (Å²) in [6, 6.07) is 11.9. The van der Waals surface area contributed by atoms with E-state index in [1.807, 2.05) is 6.07 Å². The van der Waals surface area contributed by atoms with E-state index in [9.17, 15) is 9.18 Å². The summed E-state index contributed by atoms with van der Waals surface area (Å²) in [7, 11) is 0. The highest BCUT2D eigenvalue weighted by atomic mass is 19.1. The van der Waals surface area contributed by atoms with Crippen LogP contribution in [-0.4, -0.2) is 5.78 Å². The Morgan fingerprint density at radius 1 is 1.17 bits per heavy atom. The van der Waals surface area contributed by atoms with E-state index >= 15 is 0 Å². The molecule has 0 heterocycles. The van der Waals surface area contributed by atoms with Crippen LogP contribution < -0.4 is 5.73 Å². The van der Waals surface area contributed by atoms with Crippen molar-refractivity contribution in [2.45, 2.75) is 0 Å². The van der Waals surface area contributed by atoms with Crippen molar-refractivity contribution in [3.63, 3.8) is 0 Å². The lowest BCUT2D eigenvalue weighted by molar-refractivity contribution is 0.103. The maximum atomic E-state index is 13.5. The maximum absolute atomic E-state index is 13.5. The Bertz CT molecular complexity index is 659. The molecule has 18 heavy (non-hydrogen) atoms. The first-order chi connectivity index (χ1) is 8.63. The third-order valence-corrected chi connectivity index (χ3v) is 2.55. The van der Waals surface area contributed by atoms with Gasteiger partial charge < -0.3 is 5.73 Å². The zero-order valence-corrected chi connectivity index (χ0v) is 9.35. The minimum Gasteiger partial charge on any atom is -0.398 e. The summed E-state index contributed by atoms with van der Waals surface area (Å²) in [5.74, 6) is -1.13. The van der Waals surface area contributed by atoms with Gasteiger partial charge in [0.2, 0.25) is 0 Å². The van der Waals surface area contributed by atoms with Crippen LogP contribution in [0.2, 0.25) is 0 Å². The molecule has 0 fully saturated rings. The lowest BCUT2D eigenvalue weighted by Crippen LogP contribution is -2.07. The highest BCUT2D eigenvalue weighted by Gasteiger charge is 2.16. The van der Waals surface area contributed by atoms with Crippen molar-refractivity contribution in [3.05, 3.63) is 65.0 Å². The normalized spacial score (nSPS) is 9.78. The molecule has 0 amide bonds. The van der Waals surface area contributed by atoms with E-state index in [1.165, 1.54) is 36.4 Å². The van der Waals surface area contributed by atoms with Crippen LogP contribution in [0.25, 0.3) is 0 Å². The van der Waals surface area contributed by atoms with Crippen molar-refractivity contribution in [1.82, 2.24) is 0 Å². The molecule has 88 valence electrons. The predicted molar refractivity (Wildman–Crippen MR) is 65.4 cm³/mol. The van der Waals surface area contributed by atoms with Crippen LogP contribution in [0.1, 0.15) is 21.5 Å². The average Bonchev–Trinajstić information content (AvgIpc) is 2.39. The molecule has 0 aliphatic carbocycles. The third kappa shape index (κ3) is 2.06. The Balaban J connectivity index is 2.53. The van der Waals surface area contributed by atoms with Gasteiger partial charge >= 0.3 is 0 Å². The van der Waals surface area contributed by atoms with Crippen LogP contribution in [0.3, 0.4) is 0 Å². The summed E-state index contributed by atoms with van der Waals surface area (Å²) in [5, 5.41) is 8.78. The Morgan fingerprint density at radius 3 is 2.56 bits per heavy atom. The molecule has 0 saturated heterocycles. The standard InChI is InChI=1S/C14H9FN2O/c15-12-4-2-1-3-10(12)14(18)11-7-9(8-16)5-6-13(11)17/h1-7H,17H2. The van der Waals surface area contributed by atoms with E-state index < -0.39 is 11.6 Å². The van der Waals surface area contributed by atoms with E-state index in [1.54, 1.807) is 6.07 Å². The van der Waals surface area contributed by atoms with Gasteiger partial charge in [-0.1, -0.05) is 12.1 Å². The fourth-order valence-corrected chi connectivity index (χ4v) is 1.61. The lowest BCUT2D eigenvalue weighted by atomic mass is 9.99. The number of nitriles is 1. The number of carbonyl (C=O) groups excluding carboxylic acids is 1. The molecule has 0 saturated carbocycles. The molecule has 3 nitrogen and oxygen atoms in total. The van der Waals surface area contributed by atoms with E-state index in [0.29, 0.717) is 5.56 Å². The molecule has 0 bridgehead atoms. The van der Waals surface area contributed by atoms with Crippen LogP contribution in [-0.2, 0) is 0 Å². The maximum Gasteiger partial charge on any atom is 0.198 e. The van der Waals surface area contributed by atoms with Gasteiger partial charge in [-0.2, -0.15) is 5.26 Å². The molecule has 0 aromatic heterocycles. The Morgan fingerprint density at radius 2 is 1.89 bits per heavy atom. The fourth-order valence-electron chi connectivity index (χ4n) is 1.61. The lowest BCUT2D eigenvalue weighted by Gasteiger charge is -2.06. The number of benzene rings is 2. The highest BCUT2D eigenvalue weighted by Crippen LogP contribution is 2.19. The van der Waals surface area contributed by atoms with E-state index in [0.717, 1.165) is 0 Å². The number of anilines is 1. The summed E-state index contributed by atoms with van der Waals surface area (Å²) >= 11 is 0. The van der Waals surface area contributed by atoms with Crippen molar-refractivity contribution in [2.24, 2.45) is 0 Å². The van der Waals surface area contributed by atoms with Gasteiger partial charge in [-0.3, -0.25) is 4.79 Å². The van der Waals surface area contributed by atoms with Gasteiger partial charge in [-0.05, 0) is 30.3 Å². The van der Waals surface area contributed by atoms with E-state index in [4.69, 9.17) is 11.0 Å². The molecule has 0 atom stereocenters. The van der Waals surface area contributed by atoms with Gasteiger partial charge in [0.15, 0.2) is 5.78 Å². The monoisotopic (exact) mass is 240 g/mol. The SMILES string of the molecule is N#Cc1ccc(N)c(C(=O)c2ccccc2F)c1. The first-order valence-corrected chi connectivity index (χ1v) is 5.22. The minimum atomic E-state index is -0.607. The molecule has 2 aromatic rings. The Labute approximate surface area is 103 Å². The Hall–Kier alpha value is -2.67. The number of ketones is 1. The molecule has 0 aliphatic rings. The molecular formula is C14H9FN2O. The molecule has 2 N–H and O–H groups in total. The summed E-state index contributed by atoms with van der Waals surface area (Å²) < 4.78 is 13.5. The molecule has 0 radical (unpaired) electrons. The van der Waals surface area contributed by atoms with Gasteiger partial charge in [0.05, 0.1) is 17.2 Å². The number of nitrogens with two attached hydrogens (primary N) is 1. The smallest absolute Gasteiger partial charge is 0.198 e. The van der Waals surface area contributed by atoms with Crippen LogP contribution in [0.15, 0.2) is 42.5 Å². The van der Waals surface area contributed by atoms with Crippen LogP contribution >= 0.6 is 0 Å². The molecule has 0 spiro atoms. The minimum absolute atomic E-state index is 0.0562. The molecule has 2 rings (SSSR count). The van der Waals surface area contributed by atoms with Gasteiger partial charge in [0.25, 0.3) is 0 Å². The summed E-state index contributed by atoms with van der Waals surface area (Å²) in [6.45, 7) is 0. The zero-order chi connectivity index (χ0) is 13.1. The first kappa shape index (κ1) is 11.8. The van der Waals surface area contributed by atoms with Crippen molar-refractivity contribution < 1.29 is 9.18 Å². The van der Waals surface area contributed by atoms with Gasteiger partial charge in [-0.25, -0.2) is 4.39 Å². The largest absolute Gasteiger partial charge is 0.398 e.